The molecule has 3 fully saturated rings. The molecule has 3 nitrogen and oxygen atoms in total. The largest absolute Gasteiger partial charge is 0.399 e. The van der Waals surface area contributed by atoms with Crippen LogP contribution in [-0.4, -0.2) is 29.0 Å². The van der Waals surface area contributed by atoms with E-state index in [1.165, 1.54) is 55.4 Å². The Morgan fingerprint density at radius 2 is 2.23 bits per heavy atom. The van der Waals surface area contributed by atoms with Gasteiger partial charge in [0.1, 0.15) is 0 Å². The van der Waals surface area contributed by atoms with E-state index in [4.69, 9.17) is 5.73 Å². The van der Waals surface area contributed by atoms with Crippen molar-refractivity contribution in [3.8, 4) is 0 Å². The average molecular weight is 295 g/mol. The van der Waals surface area contributed by atoms with Crippen molar-refractivity contribution in [2.24, 2.45) is 11.8 Å². The summed E-state index contributed by atoms with van der Waals surface area (Å²) in [4.78, 5) is 6.59. The van der Waals surface area contributed by atoms with E-state index < -0.39 is 0 Å². The van der Waals surface area contributed by atoms with E-state index >= 15 is 0 Å². The van der Waals surface area contributed by atoms with Gasteiger partial charge in [-0.15, -0.1) is 0 Å². The van der Waals surface area contributed by atoms with Crippen LogP contribution in [-0.2, 0) is 6.42 Å². The molecule has 5 atom stereocenters. The van der Waals surface area contributed by atoms with E-state index in [1.807, 2.05) is 6.07 Å². The highest BCUT2D eigenvalue weighted by Crippen LogP contribution is 2.51. The molecule has 116 valence electrons. The predicted octanol–water partition coefficient (Wildman–Crippen LogP) is 3.51. The van der Waals surface area contributed by atoms with Crippen molar-refractivity contribution >= 4 is 16.6 Å². The molecule has 1 aromatic heterocycles. The minimum atomic E-state index is 0.712. The number of nitrogen functional groups attached to an aromatic ring is 1. The van der Waals surface area contributed by atoms with Crippen LogP contribution in [0.15, 0.2) is 18.2 Å². The third-order valence-electron chi connectivity index (χ3n) is 6.54. The molecule has 6 rings (SSSR count). The number of aromatic nitrogens is 1. The lowest BCUT2D eigenvalue weighted by atomic mass is 9.65. The molecule has 3 N–H and O–H groups in total. The minimum absolute atomic E-state index is 0.712. The van der Waals surface area contributed by atoms with Crippen LogP contribution >= 0.6 is 0 Å². The Labute approximate surface area is 131 Å². The quantitative estimate of drug-likeness (QED) is 0.791. The lowest BCUT2D eigenvalue weighted by Crippen LogP contribution is -2.56. The monoisotopic (exact) mass is 295 g/mol. The Balaban J connectivity index is 1.69. The maximum absolute atomic E-state index is 6.04. The first-order valence-electron chi connectivity index (χ1n) is 8.88. The van der Waals surface area contributed by atoms with Crippen LogP contribution in [0.5, 0.6) is 0 Å². The van der Waals surface area contributed by atoms with Crippen LogP contribution in [0.1, 0.15) is 43.4 Å². The van der Waals surface area contributed by atoms with Crippen molar-refractivity contribution in [3.05, 3.63) is 29.5 Å². The summed E-state index contributed by atoms with van der Waals surface area (Å²) in [7, 11) is 0. The zero-order chi connectivity index (χ0) is 14.8. The summed E-state index contributed by atoms with van der Waals surface area (Å²) < 4.78 is 0. The maximum Gasteiger partial charge on any atom is 0.0460 e. The molecule has 3 heteroatoms. The highest BCUT2D eigenvalue weighted by atomic mass is 15.2. The Kier molecular flexibility index (Phi) is 2.67. The summed E-state index contributed by atoms with van der Waals surface area (Å²) >= 11 is 0. The molecular weight excluding hydrogens is 270 g/mol. The number of anilines is 1. The minimum Gasteiger partial charge on any atom is -0.399 e. The maximum atomic E-state index is 6.04. The normalized spacial score (nSPS) is 36.3. The molecule has 1 aliphatic carbocycles. The lowest BCUT2D eigenvalue weighted by molar-refractivity contribution is -0.0134. The summed E-state index contributed by atoms with van der Waals surface area (Å²) in [5.41, 5.74) is 11.3. The van der Waals surface area contributed by atoms with Crippen LogP contribution < -0.4 is 5.73 Å². The number of piperidine rings is 2. The van der Waals surface area contributed by atoms with Crippen LogP contribution in [0.3, 0.4) is 0 Å². The number of rotatable bonds is 1. The Bertz CT molecular complexity index is 732. The van der Waals surface area contributed by atoms with Gasteiger partial charge in [-0.1, -0.05) is 13.3 Å². The molecule has 5 unspecified atom stereocenters. The van der Waals surface area contributed by atoms with Gasteiger partial charge in [0.15, 0.2) is 0 Å². The van der Waals surface area contributed by atoms with Crippen molar-refractivity contribution < 1.29 is 0 Å². The molecule has 22 heavy (non-hydrogen) atoms. The van der Waals surface area contributed by atoms with Gasteiger partial charge in [-0.3, -0.25) is 4.90 Å². The zero-order valence-electron chi connectivity index (χ0n) is 13.3. The van der Waals surface area contributed by atoms with E-state index in [-0.39, 0.29) is 0 Å². The smallest absolute Gasteiger partial charge is 0.0460 e. The Morgan fingerprint density at radius 3 is 3.09 bits per heavy atom. The molecule has 1 aromatic carbocycles. The van der Waals surface area contributed by atoms with Crippen molar-refractivity contribution in [1.29, 1.82) is 0 Å². The summed E-state index contributed by atoms with van der Waals surface area (Å²) in [5.74, 6) is 2.51. The number of nitrogens with two attached hydrogens (primary N) is 1. The van der Waals surface area contributed by atoms with Crippen molar-refractivity contribution in [2.75, 3.05) is 18.8 Å². The number of H-pyrrole nitrogens is 1. The lowest BCUT2D eigenvalue weighted by Gasteiger charge is -2.53. The molecule has 2 saturated heterocycles. The molecule has 0 amide bonds. The second-order valence-electron chi connectivity index (χ2n) is 7.67. The number of hydrogen-bond donors (Lipinski definition) is 2. The van der Waals surface area contributed by atoms with Crippen molar-refractivity contribution in [3.63, 3.8) is 0 Å². The highest BCUT2D eigenvalue weighted by molar-refractivity contribution is 5.87. The van der Waals surface area contributed by atoms with Gasteiger partial charge >= 0.3 is 0 Å². The fourth-order valence-electron chi connectivity index (χ4n) is 5.71. The van der Waals surface area contributed by atoms with E-state index in [2.05, 4.69) is 28.9 Å². The Morgan fingerprint density at radius 1 is 1.32 bits per heavy atom. The molecule has 3 aliphatic heterocycles. The van der Waals surface area contributed by atoms with Gasteiger partial charge in [0, 0.05) is 47.3 Å². The van der Waals surface area contributed by atoms with Gasteiger partial charge in [-0.25, -0.2) is 0 Å². The summed E-state index contributed by atoms with van der Waals surface area (Å²) in [6.07, 6.45) is 5.34. The number of nitrogens with zero attached hydrogens (tertiary/aromatic N) is 1. The third kappa shape index (κ3) is 1.66. The number of benzene rings is 1. The first-order chi connectivity index (χ1) is 10.7. The second-order valence-corrected chi connectivity index (χ2v) is 7.67. The van der Waals surface area contributed by atoms with Crippen LogP contribution in [0.25, 0.3) is 10.9 Å². The van der Waals surface area contributed by atoms with E-state index in [1.54, 1.807) is 5.56 Å². The van der Waals surface area contributed by atoms with Crippen molar-refractivity contribution in [1.82, 2.24) is 9.88 Å². The first kappa shape index (κ1) is 13.0. The molecule has 4 heterocycles. The van der Waals surface area contributed by atoms with E-state index in [0.717, 1.165) is 23.6 Å². The van der Waals surface area contributed by atoms with Gasteiger partial charge in [0.2, 0.25) is 0 Å². The zero-order valence-corrected chi connectivity index (χ0v) is 13.3. The van der Waals surface area contributed by atoms with Gasteiger partial charge in [-0.2, -0.15) is 0 Å². The fraction of sp³-hybridized carbons (Fsp3) is 0.579. The van der Waals surface area contributed by atoms with Crippen LogP contribution in [0.4, 0.5) is 5.69 Å². The first-order valence-corrected chi connectivity index (χ1v) is 8.88. The Hall–Kier alpha value is -1.48. The average Bonchev–Trinajstić information content (AvgIpc) is 2.85. The number of hydrogen-bond acceptors (Lipinski definition) is 2. The molecule has 2 aromatic rings. The molecular formula is C19H25N3. The second kappa shape index (κ2) is 4.51. The third-order valence-corrected chi connectivity index (χ3v) is 6.54. The molecule has 4 aliphatic rings. The van der Waals surface area contributed by atoms with Crippen molar-refractivity contribution in [2.45, 2.75) is 44.6 Å². The van der Waals surface area contributed by atoms with Gasteiger partial charge in [-0.05, 0) is 54.9 Å². The molecule has 4 bridgehead atoms. The number of nitrogens with one attached hydrogen (secondary N) is 1. The summed E-state index contributed by atoms with van der Waals surface area (Å²) in [6, 6.07) is 7.12. The molecule has 0 radical (unpaired) electrons. The molecule has 1 saturated carbocycles. The number of fused-ring (bicyclic) bond motifs is 4. The van der Waals surface area contributed by atoms with Crippen LogP contribution in [0, 0.1) is 11.8 Å². The van der Waals surface area contributed by atoms with Gasteiger partial charge < -0.3 is 10.7 Å². The predicted molar refractivity (Wildman–Crippen MR) is 91.0 cm³/mol. The van der Waals surface area contributed by atoms with E-state index in [0.29, 0.717) is 5.92 Å². The summed E-state index contributed by atoms with van der Waals surface area (Å²) in [6.45, 7) is 4.94. The topological polar surface area (TPSA) is 45.1 Å². The highest BCUT2D eigenvalue weighted by Gasteiger charge is 2.48. The van der Waals surface area contributed by atoms with Crippen LogP contribution in [0.2, 0.25) is 0 Å². The number of aromatic amines is 1. The standard InChI is InChI=1S/C19H25N3/c1-2-12-7-11-8-16-18-14(5-6-22(10-11)19(12)16)15-9-13(20)3-4-17(15)21-18/h3-4,9,11-12,16,19,21H,2,5-8,10,20H2,1H3. The van der Waals surface area contributed by atoms with E-state index in [9.17, 15) is 0 Å². The van der Waals surface area contributed by atoms with Gasteiger partial charge in [0.25, 0.3) is 0 Å². The SMILES string of the molecule is CCC1CC2CC3c4[nH]c5ccc(N)cc5c4CCN(C2)C13. The summed E-state index contributed by atoms with van der Waals surface area (Å²) in [5, 5.41) is 1.37. The van der Waals surface area contributed by atoms with Gasteiger partial charge in [0.05, 0.1) is 0 Å². The fourth-order valence-corrected chi connectivity index (χ4v) is 5.71. The molecule has 0 spiro atoms.